The Balaban J connectivity index is 2.05. The molecule has 0 bridgehead atoms. The van der Waals surface area contributed by atoms with E-state index < -0.39 is 10.0 Å². The third kappa shape index (κ3) is 4.61. The molecule has 0 spiro atoms. The van der Waals surface area contributed by atoms with E-state index in [1.54, 1.807) is 18.2 Å². The molecule has 2 N–H and O–H groups in total. The second kappa shape index (κ2) is 8.79. The highest BCUT2D eigenvalue weighted by Gasteiger charge is 2.25. The monoisotopic (exact) mass is 478 g/mol. The average Bonchev–Trinajstić information content (AvgIpc) is 2.69. The van der Waals surface area contributed by atoms with Crippen molar-refractivity contribution >= 4 is 36.9 Å². The maximum absolute atomic E-state index is 13.2. The summed E-state index contributed by atoms with van der Waals surface area (Å²) in [5.41, 5.74) is 2.77. The Morgan fingerprint density at radius 1 is 1.07 bits per heavy atom. The van der Waals surface area contributed by atoms with Gasteiger partial charge in [-0.1, -0.05) is 28.1 Å². The molecule has 1 aromatic heterocycles. The van der Waals surface area contributed by atoms with E-state index in [1.807, 2.05) is 26.0 Å². The van der Waals surface area contributed by atoms with Crippen LogP contribution in [0.2, 0.25) is 0 Å². The molecule has 3 rings (SSSR count). The van der Waals surface area contributed by atoms with E-state index in [1.165, 1.54) is 16.4 Å². The lowest BCUT2D eigenvalue weighted by atomic mass is 10.0. The molecule has 0 fully saturated rings. The van der Waals surface area contributed by atoms with Crippen LogP contribution in [0, 0.1) is 13.8 Å². The Hall–Kier alpha value is -2.00. The van der Waals surface area contributed by atoms with Gasteiger partial charge in [-0.2, -0.15) is 4.31 Å². The number of benzene rings is 2. The number of aliphatic hydroxyl groups is 1. The number of halogens is 1. The summed E-state index contributed by atoms with van der Waals surface area (Å²) >= 11 is 3.30. The maximum Gasteiger partial charge on any atom is 0.252 e. The molecule has 0 atom stereocenters. The highest BCUT2D eigenvalue weighted by atomic mass is 79.9. The number of H-pyrrole nitrogens is 1. The topological polar surface area (TPSA) is 90.5 Å². The number of pyridine rings is 1. The Labute approximate surface area is 178 Å². The number of aromatic amines is 1. The second-order valence-corrected chi connectivity index (χ2v) is 9.84. The van der Waals surface area contributed by atoms with Crippen LogP contribution in [0.4, 0.5) is 0 Å². The molecule has 0 aliphatic rings. The van der Waals surface area contributed by atoms with Crippen molar-refractivity contribution in [2.24, 2.45) is 0 Å². The van der Waals surface area contributed by atoms with Gasteiger partial charge in [0.2, 0.25) is 10.0 Å². The fourth-order valence-electron chi connectivity index (χ4n) is 3.21. The van der Waals surface area contributed by atoms with E-state index >= 15 is 0 Å². The summed E-state index contributed by atoms with van der Waals surface area (Å²) < 4.78 is 28.4. The van der Waals surface area contributed by atoms with Gasteiger partial charge in [0.1, 0.15) is 0 Å². The number of aromatic nitrogens is 1. The van der Waals surface area contributed by atoms with Gasteiger partial charge in [0.25, 0.3) is 5.56 Å². The first-order valence-corrected chi connectivity index (χ1v) is 11.5. The number of aliphatic hydroxyl groups excluding tert-OH is 1. The van der Waals surface area contributed by atoms with Gasteiger partial charge in [-0.15, -0.1) is 0 Å². The molecule has 154 valence electrons. The standard InChI is InChI=1S/C21H23BrN2O4S/c1-14-4-5-15(2)20-19(14)12-16(21(26)23-20)13-24(10-3-11-25)29(27,28)18-8-6-17(22)7-9-18/h4-9,12,25H,3,10-11,13H2,1-2H3,(H,23,26). The first kappa shape index (κ1) is 21.7. The third-order valence-corrected chi connectivity index (χ3v) is 7.27. The lowest BCUT2D eigenvalue weighted by molar-refractivity contribution is 0.267. The van der Waals surface area contributed by atoms with Crippen molar-refractivity contribution in [2.75, 3.05) is 13.2 Å². The zero-order valence-corrected chi connectivity index (χ0v) is 18.7. The van der Waals surface area contributed by atoms with Crippen LogP contribution in [-0.4, -0.2) is 36.0 Å². The minimum absolute atomic E-state index is 0.0724. The lowest BCUT2D eigenvalue weighted by Gasteiger charge is -2.22. The predicted molar refractivity (Wildman–Crippen MR) is 117 cm³/mol. The number of hydrogen-bond donors (Lipinski definition) is 2. The Kier molecular flexibility index (Phi) is 6.58. The van der Waals surface area contributed by atoms with E-state index in [2.05, 4.69) is 20.9 Å². The minimum atomic E-state index is -3.83. The molecule has 0 aliphatic carbocycles. The molecule has 0 radical (unpaired) electrons. The maximum atomic E-state index is 13.2. The number of hydrogen-bond acceptors (Lipinski definition) is 4. The van der Waals surface area contributed by atoms with Gasteiger partial charge in [-0.05, 0) is 61.7 Å². The van der Waals surface area contributed by atoms with Crippen LogP contribution in [-0.2, 0) is 16.6 Å². The van der Waals surface area contributed by atoms with Crippen molar-refractivity contribution < 1.29 is 13.5 Å². The molecule has 8 heteroatoms. The summed E-state index contributed by atoms with van der Waals surface area (Å²) in [5.74, 6) is 0. The van der Waals surface area contributed by atoms with Crippen molar-refractivity contribution in [3.63, 3.8) is 0 Å². The molecular formula is C21H23BrN2O4S. The van der Waals surface area contributed by atoms with Crippen LogP contribution in [0.1, 0.15) is 23.1 Å². The molecule has 0 amide bonds. The Morgan fingerprint density at radius 3 is 2.38 bits per heavy atom. The molecule has 1 heterocycles. The number of aryl methyl sites for hydroxylation is 2. The van der Waals surface area contributed by atoms with Gasteiger partial charge in [0.15, 0.2) is 0 Å². The predicted octanol–water partition coefficient (Wildman–Crippen LogP) is 3.48. The Bertz CT molecular complexity index is 1190. The zero-order chi connectivity index (χ0) is 21.2. The fraction of sp³-hybridized carbons (Fsp3) is 0.286. The number of rotatable bonds is 7. The van der Waals surface area contributed by atoms with E-state index in [9.17, 15) is 18.3 Å². The van der Waals surface area contributed by atoms with E-state index in [0.717, 1.165) is 26.5 Å². The molecule has 0 saturated heterocycles. The molecule has 3 aromatic rings. The van der Waals surface area contributed by atoms with Crippen molar-refractivity contribution in [1.29, 1.82) is 0 Å². The highest BCUT2D eigenvalue weighted by molar-refractivity contribution is 9.10. The lowest BCUT2D eigenvalue weighted by Crippen LogP contribution is -2.34. The summed E-state index contributed by atoms with van der Waals surface area (Å²) in [5, 5.41) is 10.1. The number of sulfonamides is 1. The highest BCUT2D eigenvalue weighted by Crippen LogP contribution is 2.23. The van der Waals surface area contributed by atoms with Gasteiger partial charge < -0.3 is 10.1 Å². The average molecular weight is 479 g/mol. The Morgan fingerprint density at radius 2 is 1.72 bits per heavy atom. The summed E-state index contributed by atoms with van der Waals surface area (Å²) in [6.07, 6.45) is 0.277. The number of nitrogens with zero attached hydrogens (tertiary/aromatic N) is 1. The summed E-state index contributed by atoms with van der Waals surface area (Å²) in [7, 11) is -3.83. The van der Waals surface area contributed by atoms with Gasteiger partial charge in [-0.25, -0.2) is 8.42 Å². The SMILES string of the molecule is Cc1ccc(C)c2[nH]c(=O)c(CN(CCCO)S(=O)(=O)c3ccc(Br)cc3)cc12. The summed E-state index contributed by atoms with van der Waals surface area (Å²) in [6, 6.07) is 12.0. The quantitative estimate of drug-likeness (QED) is 0.543. The van der Waals surface area contributed by atoms with Gasteiger partial charge in [0.05, 0.1) is 10.4 Å². The largest absolute Gasteiger partial charge is 0.396 e. The molecule has 2 aromatic carbocycles. The van der Waals surface area contributed by atoms with Crippen molar-refractivity contribution in [2.45, 2.75) is 31.7 Å². The molecule has 29 heavy (non-hydrogen) atoms. The summed E-state index contributed by atoms with van der Waals surface area (Å²) in [6.45, 7) is 3.77. The van der Waals surface area contributed by atoms with Gasteiger partial charge in [0, 0.05) is 35.1 Å². The molecule has 0 aliphatic heterocycles. The van der Waals surface area contributed by atoms with Crippen molar-refractivity contribution in [3.8, 4) is 0 Å². The molecule has 6 nitrogen and oxygen atoms in total. The molecular weight excluding hydrogens is 456 g/mol. The zero-order valence-electron chi connectivity index (χ0n) is 16.3. The van der Waals surface area contributed by atoms with Crippen LogP contribution in [0.15, 0.2) is 56.6 Å². The number of fused-ring (bicyclic) bond motifs is 1. The van der Waals surface area contributed by atoms with Crippen LogP contribution >= 0.6 is 15.9 Å². The van der Waals surface area contributed by atoms with Crippen molar-refractivity contribution in [3.05, 3.63) is 74.0 Å². The van der Waals surface area contributed by atoms with Crippen LogP contribution in [0.3, 0.4) is 0 Å². The number of nitrogens with one attached hydrogen (secondary N) is 1. The van der Waals surface area contributed by atoms with E-state index in [-0.39, 0.29) is 36.6 Å². The molecule has 0 saturated carbocycles. The smallest absolute Gasteiger partial charge is 0.252 e. The van der Waals surface area contributed by atoms with Crippen LogP contribution < -0.4 is 5.56 Å². The van der Waals surface area contributed by atoms with Crippen LogP contribution in [0.25, 0.3) is 10.9 Å². The normalized spacial score (nSPS) is 12.0. The first-order valence-electron chi connectivity index (χ1n) is 9.22. The van der Waals surface area contributed by atoms with Gasteiger partial charge >= 0.3 is 0 Å². The summed E-state index contributed by atoms with van der Waals surface area (Å²) in [4.78, 5) is 15.7. The van der Waals surface area contributed by atoms with E-state index in [4.69, 9.17) is 0 Å². The minimum Gasteiger partial charge on any atom is -0.396 e. The first-order chi connectivity index (χ1) is 13.7. The van der Waals surface area contributed by atoms with Crippen molar-refractivity contribution in [1.82, 2.24) is 9.29 Å². The fourth-order valence-corrected chi connectivity index (χ4v) is 4.93. The third-order valence-electron chi connectivity index (χ3n) is 4.88. The second-order valence-electron chi connectivity index (χ2n) is 6.98. The van der Waals surface area contributed by atoms with Crippen LogP contribution in [0.5, 0.6) is 0 Å². The molecule has 0 unspecified atom stereocenters. The van der Waals surface area contributed by atoms with E-state index in [0.29, 0.717) is 5.56 Å². The van der Waals surface area contributed by atoms with Gasteiger partial charge in [-0.3, -0.25) is 4.79 Å².